The lowest BCUT2D eigenvalue weighted by atomic mass is 10.0. The van der Waals surface area contributed by atoms with Crippen LogP contribution in [0.5, 0.6) is 0 Å². The Bertz CT molecular complexity index is 602. The molecule has 2 amide bonds. The number of piperazine rings is 1. The zero-order valence-electron chi connectivity index (χ0n) is 16.5. The molecule has 1 saturated heterocycles. The number of carbonyl (C=O) groups excluding carboxylic acids is 2. The second kappa shape index (κ2) is 8.43. The largest absolute Gasteiger partial charge is 0.444 e. The summed E-state index contributed by atoms with van der Waals surface area (Å²) in [5.41, 5.74) is 0.586. The Labute approximate surface area is 156 Å². The van der Waals surface area contributed by atoms with Crippen molar-refractivity contribution in [3.05, 3.63) is 30.3 Å². The summed E-state index contributed by atoms with van der Waals surface area (Å²) in [6, 6.07) is 9.63. The van der Waals surface area contributed by atoms with Crippen LogP contribution in [-0.2, 0) is 9.53 Å². The summed E-state index contributed by atoms with van der Waals surface area (Å²) in [5.74, 6) is -0.0549. The smallest absolute Gasteiger partial charge is 0.408 e. The Balaban J connectivity index is 1.94. The Morgan fingerprint density at radius 1 is 1.04 bits per heavy atom. The maximum Gasteiger partial charge on any atom is 0.408 e. The van der Waals surface area contributed by atoms with Crippen LogP contribution >= 0.6 is 0 Å². The molecule has 0 aromatic heterocycles. The molecule has 1 aliphatic heterocycles. The van der Waals surface area contributed by atoms with E-state index in [1.54, 1.807) is 0 Å². The van der Waals surface area contributed by atoms with E-state index in [0.717, 1.165) is 13.1 Å². The first kappa shape index (κ1) is 20.1. The van der Waals surface area contributed by atoms with Crippen molar-refractivity contribution in [1.82, 2.24) is 10.2 Å². The molecule has 0 unspecified atom stereocenters. The zero-order chi connectivity index (χ0) is 19.3. The van der Waals surface area contributed by atoms with Gasteiger partial charge in [-0.25, -0.2) is 4.79 Å². The van der Waals surface area contributed by atoms with Crippen molar-refractivity contribution in [2.45, 2.75) is 46.3 Å². The fraction of sp³-hybridized carbons (Fsp3) is 0.600. The van der Waals surface area contributed by atoms with Gasteiger partial charge in [0.1, 0.15) is 11.6 Å². The highest BCUT2D eigenvalue weighted by molar-refractivity contribution is 5.86. The van der Waals surface area contributed by atoms with Gasteiger partial charge >= 0.3 is 6.09 Å². The van der Waals surface area contributed by atoms with Gasteiger partial charge in [-0.3, -0.25) is 4.79 Å². The van der Waals surface area contributed by atoms with E-state index in [9.17, 15) is 9.59 Å². The van der Waals surface area contributed by atoms with Gasteiger partial charge in [0.05, 0.1) is 0 Å². The normalized spacial score (nSPS) is 16.4. The number of alkyl carbamates (subject to hydrolysis) is 1. The van der Waals surface area contributed by atoms with E-state index < -0.39 is 17.7 Å². The van der Waals surface area contributed by atoms with Crippen molar-refractivity contribution in [3.8, 4) is 0 Å². The van der Waals surface area contributed by atoms with Crippen LogP contribution in [0.1, 0.15) is 34.6 Å². The molecule has 26 heavy (non-hydrogen) atoms. The molecule has 0 radical (unpaired) electrons. The summed E-state index contributed by atoms with van der Waals surface area (Å²) in [6.45, 7) is 12.1. The summed E-state index contributed by atoms with van der Waals surface area (Å²) in [5, 5.41) is 2.75. The molecule has 0 spiro atoms. The Kier molecular flexibility index (Phi) is 6.51. The lowest BCUT2D eigenvalue weighted by Gasteiger charge is -2.38. The third-order valence-corrected chi connectivity index (χ3v) is 4.32. The fourth-order valence-electron chi connectivity index (χ4n) is 2.97. The number of nitrogens with zero attached hydrogens (tertiary/aromatic N) is 2. The standard InChI is InChI=1S/C20H31N3O3/c1-15(2)17(21-19(25)26-20(3,4)5)18(24)23-13-11-22(12-14-23)16-9-7-6-8-10-16/h6-10,15,17H,11-14H2,1-5H3,(H,21,25)/t17-/m0/s1. The van der Waals surface area contributed by atoms with Crippen LogP contribution < -0.4 is 10.2 Å². The summed E-state index contributed by atoms with van der Waals surface area (Å²) in [6.07, 6.45) is -0.549. The first-order valence-electron chi connectivity index (χ1n) is 9.25. The number of carbonyl (C=O) groups is 2. The number of ether oxygens (including phenoxy) is 1. The molecule has 1 aliphatic rings. The number of benzene rings is 1. The summed E-state index contributed by atoms with van der Waals surface area (Å²) < 4.78 is 5.30. The highest BCUT2D eigenvalue weighted by Crippen LogP contribution is 2.17. The maximum atomic E-state index is 12.9. The number of para-hydroxylation sites is 1. The number of hydrogen-bond donors (Lipinski definition) is 1. The first-order valence-corrected chi connectivity index (χ1v) is 9.25. The molecule has 1 N–H and O–H groups in total. The molecule has 1 fully saturated rings. The van der Waals surface area contributed by atoms with Crippen LogP contribution in [0.2, 0.25) is 0 Å². The van der Waals surface area contributed by atoms with E-state index in [1.165, 1.54) is 5.69 Å². The molecule has 6 heteroatoms. The van der Waals surface area contributed by atoms with Crippen molar-refractivity contribution in [3.63, 3.8) is 0 Å². The van der Waals surface area contributed by atoms with E-state index in [4.69, 9.17) is 4.74 Å². The first-order chi connectivity index (χ1) is 12.2. The molecule has 1 aromatic rings. The monoisotopic (exact) mass is 361 g/mol. The molecule has 0 saturated carbocycles. The van der Waals surface area contributed by atoms with Gasteiger partial charge in [0.25, 0.3) is 0 Å². The molecule has 6 nitrogen and oxygen atoms in total. The topological polar surface area (TPSA) is 61.9 Å². The fourth-order valence-corrected chi connectivity index (χ4v) is 2.97. The lowest BCUT2D eigenvalue weighted by Crippen LogP contribution is -2.56. The molecule has 0 bridgehead atoms. The summed E-state index contributed by atoms with van der Waals surface area (Å²) in [7, 11) is 0. The highest BCUT2D eigenvalue weighted by atomic mass is 16.6. The van der Waals surface area contributed by atoms with Gasteiger partial charge in [-0.2, -0.15) is 0 Å². The van der Waals surface area contributed by atoms with Crippen LogP contribution in [0.4, 0.5) is 10.5 Å². The maximum absolute atomic E-state index is 12.9. The molecular formula is C20H31N3O3. The number of rotatable bonds is 4. The second-order valence-corrected chi connectivity index (χ2v) is 8.02. The van der Waals surface area contributed by atoms with Crippen molar-refractivity contribution < 1.29 is 14.3 Å². The predicted octanol–water partition coefficient (Wildman–Crippen LogP) is 2.88. The van der Waals surface area contributed by atoms with Crippen molar-refractivity contribution in [2.24, 2.45) is 5.92 Å². The average Bonchev–Trinajstić information content (AvgIpc) is 2.58. The minimum Gasteiger partial charge on any atom is -0.444 e. The molecule has 2 rings (SSSR count). The van der Waals surface area contributed by atoms with Gasteiger partial charge in [0, 0.05) is 31.9 Å². The van der Waals surface area contributed by atoms with E-state index in [0.29, 0.717) is 13.1 Å². The average molecular weight is 361 g/mol. The molecule has 0 aliphatic carbocycles. The third kappa shape index (κ3) is 5.64. The van der Waals surface area contributed by atoms with Gasteiger partial charge in [-0.05, 0) is 38.8 Å². The van der Waals surface area contributed by atoms with Crippen molar-refractivity contribution in [1.29, 1.82) is 0 Å². The minimum atomic E-state index is -0.587. The van der Waals surface area contributed by atoms with Crippen molar-refractivity contribution in [2.75, 3.05) is 31.1 Å². The lowest BCUT2D eigenvalue weighted by molar-refractivity contribution is -0.134. The minimum absolute atomic E-state index is 0.0119. The summed E-state index contributed by atoms with van der Waals surface area (Å²) >= 11 is 0. The van der Waals surface area contributed by atoms with Crippen LogP contribution in [0, 0.1) is 5.92 Å². The van der Waals surface area contributed by atoms with E-state index in [-0.39, 0.29) is 11.8 Å². The number of amides is 2. The predicted molar refractivity (Wildman–Crippen MR) is 103 cm³/mol. The number of nitrogens with one attached hydrogen (secondary N) is 1. The molecule has 1 atom stereocenters. The number of anilines is 1. The van der Waals surface area contributed by atoms with Gasteiger partial charge in [0.2, 0.25) is 5.91 Å². The van der Waals surface area contributed by atoms with Crippen LogP contribution in [0.15, 0.2) is 30.3 Å². The Morgan fingerprint density at radius 3 is 2.12 bits per heavy atom. The highest BCUT2D eigenvalue weighted by Gasteiger charge is 2.32. The molecule has 1 aromatic carbocycles. The van der Waals surface area contributed by atoms with Gasteiger partial charge in [0.15, 0.2) is 0 Å². The van der Waals surface area contributed by atoms with Gasteiger partial charge in [-0.15, -0.1) is 0 Å². The SMILES string of the molecule is CC(C)[C@H](NC(=O)OC(C)(C)C)C(=O)N1CCN(c2ccccc2)CC1. The van der Waals surface area contributed by atoms with Crippen LogP contribution in [0.3, 0.4) is 0 Å². The molecule has 1 heterocycles. The Hall–Kier alpha value is -2.24. The summed E-state index contributed by atoms with van der Waals surface area (Å²) in [4.78, 5) is 29.1. The van der Waals surface area contributed by atoms with E-state index >= 15 is 0 Å². The van der Waals surface area contributed by atoms with Gasteiger partial charge in [-0.1, -0.05) is 32.0 Å². The van der Waals surface area contributed by atoms with Crippen LogP contribution in [-0.4, -0.2) is 54.7 Å². The number of hydrogen-bond acceptors (Lipinski definition) is 4. The molecular weight excluding hydrogens is 330 g/mol. The zero-order valence-corrected chi connectivity index (χ0v) is 16.5. The molecule has 144 valence electrons. The Morgan fingerprint density at radius 2 is 1.62 bits per heavy atom. The van der Waals surface area contributed by atoms with Crippen molar-refractivity contribution >= 4 is 17.7 Å². The second-order valence-electron chi connectivity index (χ2n) is 8.02. The van der Waals surface area contributed by atoms with Crippen LogP contribution in [0.25, 0.3) is 0 Å². The quantitative estimate of drug-likeness (QED) is 0.896. The third-order valence-electron chi connectivity index (χ3n) is 4.32. The van der Waals surface area contributed by atoms with E-state index in [2.05, 4.69) is 22.3 Å². The van der Waals surface area contributed by atoms with E-state index in [1.807, 2.05) is 57.7 Å². The van der Waals surface area contributed by atoms with Gasteiger partial charge < -0.3 is 19.9 Å².